The molecule has 318 valence electrons. The van der Waals surface area contributed by atoms with E-state index >= 15 is 4.79 Å². The molecule has 0 spiro atoms. The first-order chi connectivity index (χ1) is 29.0. The Morgan fingerprint density at radius 2 is 1.80 bits per heavy atom. The molecule has 60 heavy (non-hydrogen) atoms. The van der Waals surface area contributed by atoms with Gasteiger partial charge in [0.2, 0.25) is 21.8 Å². The summed E-state index contributed by atoms with van der Waals surface area (Å²) in [6.45, 7) is 1.03. The zero-order valence-corrected chi connectivity index (χ0v) is 34.9. The van der Waals surface area contributed by atoms with E-state index in [0.717, 1.165) is 43.1 Å². The molecule has 3 aliphatic carbocycles. The van der Waals surface area contributed by atoms with E-state index in [1.165, 1.54) is 0 Å². The maximum atomic E-state index is 15.0. The molecule has 5 fully saturated rings. The molecule has 2 saturated heterocycles. The largest absolute Gasteiger partial charge is 0.497 e. The quantitative estimate of drug-likeness (QED) is 0.257. The number of Topliss-reactive ketones (excluding diaryl/α,β-unsaturated/α-hetero) is 1. The summed E-state index contributed by atoms with van der Waals surface area (Å²) in [5.41, 5.74) is 0.806. The van der Waals surface area contributed by atoms with Crippen LogP contribution in [-0.2, 0) is 33.9 Å². The van der Waals surface area contributed by atoms with E-state index in [1.807, 2.05) is 65.6 Å². The summed E-state index contributed by atoms with van der Waals surface area (Å²) in [6, 6.07) is 17.2. The van der Waals surface area contributed by atoms with Crippen LogP contribution in [0.1, 0.15) is 83.5 Å². The number of amides is 3. The highest BCUT2D eigenvalue weighted by molar-refractivity contribution is 7.91. The number of pyridine rings is 1. The van der Waals surface area contributed by atoms with Gasteiger partial charge in [-0.25, -0.2) is 13.4 Å². The number of ketones is 1. The van der Waals surface area contributed by atoms with Gasteiger partial charge in [0, 0.05) is 47.9 Å². The summed E-state index contributed by atoms with van der Waals surface area (Å²) in [5.74, 6) is -2.81. The second-order valence-electron chi connectivity index (χ2n) is 17.8. The maximum absolute atomic E-state index is 15.0. The number of ether oxygens (including phenoxy) is 3. The lowest BCUT2D eigenvalue weighted by atomic mass is 9.80. The number of methoxy groups -OCH3 is 1. The Balaban J connectivity index is 1.04. The van der Waals surface area contributed by atoms with Gasteiger partial charge < -0.3 is 24.4 Å². The summed E-state index contributed by atoms with van der Waals surface area (Å²) < 4.78 is 46.4. The molecule has 14 heteroatoms. The Morgan fingerprint density at radius 1 is 0.983 bits per heavy atom. The molecule has 3 aliphatic heterocycles. The lowest BCUT2D eigenvalue weighted by Gasteiger charge is -2.30. The predicted molar refractivity (Wildman–Crippen MR) is 223 cm³/mol. The highest BCUT2D eigenvalue weighted by atomic mass is 32.2. The lowest BCUT2D eigenvalue weighted by molar-refractivity contribution is -0.142. The summed E-state index contributed by atoms with van der Waals surface area (Å²) in [7, 11) is -2.28. The van der Waals surface area contributed by atoms with Crippen molar-refractivity contribution >= 4 is 44.4 Å². The monoisotopic (exact) mass is 838 g/mol. The fourth-order valence-electron chi connectivity index (χ4n) is 10.0. The smallest absolute Gasteiger partial charge is 0.259 e. The van der Waals surface area contributed by atoms with Gasteiger partial charge in [-0.1, -0.05) is 55.3 Å². The maximum Gasteiger partial charge on any atom is 0.259 e. The number of carbonyl (C=O) groups excluding carboxylic acids is 4. The summed E-state index contributed by atoms with van der Waals surface area (Å²) in [6.07, 6.45) is 10.5. The van der Waals surface area contributed by atoms with Crippen molar-refractivity contribution in [2.75, 3.05) is 20.3 Å². The van der Waals surface area contributed by atoms with E-state index in [1.54, 1.807) is 7.11 Å². The van der Waals surface area contributed by atoms with Crippen molar-refractivity contribution in [1.82, 2.24) is 19.9 Å². The van der Waals surface area contributed by atoms with Crippen molar-refractivity contribution in [3.63, 3.8) is 0 Å². The normalized spacial score (nSPS) is 31.2. The van der Waals surface area contributed by atoms with Gasteiger partial charge in [-0.05, 0) is 82.3 Å². The molecule has 4 heterocycles. The van der Waals surface area contributed by atoms with Crippen LogP contribution in [0.15, 0.2) is 66.7 Å². The third-order valence-electron chi connectivity index (χ3n) is 13.7. The number of rotatable bonds is 9. The molecule has 3 saturated carbocycles. The predicted octanol–water partition coefficient (Wildman–Crippen LogP) is 5.65. The average molecular weight is 839 g/mol. The zero-order chi connectivity index (χ0) is 41.6. The van der Waals surface area contributed by atoms with Gasteiger partial charge in [0.15, 0.2) is 0 Å². The molecule has 3 aromatic rings. The summed E-state index contributed by atoms with van der Waals surface area (Å²) in [5, 5.41) is 3.16. The third-order valence-corrected chi connectivity index (χ3v) is 15.5. The standard InChI is InChI=1S/C46H54N4O9S/c1-57-32-15-18-36-40(23-32)47-39(28-11-8-6-9-12-28)24-41(36)59-33-21-37-38(22-33)44(53)48-46(45(54)49-60(55,56)35-16-17-35)25-30(46)14-10-5-3-2-4-7-13-29(43(37)52)19-42(51)50-26-34-20-31(50)27-58-34/h5-6,8-12,15,18,23-24,29-31,33-35,37-38H,2-4,7,13-14,16-17,19-22,25-27H2,1H3,(H,48,53)(H,49,54)/b10-5-/t29-,30?,31?,33+,34?,37?,38-,46-/m1/s1. The second kappa shape index (κ2) is 16.6. The number of likely N-dealkylation sites (tertiary alicyclic amines) is 1. The Morgan fingerprint density at radius 3 is 2.55 bits per heavy atom. The first kappa shape index (κ1) is 40.6. The molecule has 3 amide bonds. The van der Waals surface area contributed by atoms with Gasteiger partial charge in [-0.15, -0.1) is 0 Å². The molecule has 0 radical (unpaired) electrons. The van der Waals surface area contributed by atoms with Gasteiger partial charge in [0.25, 0.3) is 5.91 Å². The van der Waals surface area contributed by atoms with Crippen LogP contribution in [0.3, 0.4) is 0 Å². The van der Waals surface area contributed by atoms with Crippen molar-refractivity contribution in [2.45, 2.75) is 113 Å². The first-order valence-electron chi connectivity index (χ1n) is 21.7. The molecule has 4 unspecified atom stereocenters. The molecule has 9 rings (SSSR count). The fourth-order valence-corrected chi connectivity index (χ4v) is 11.4. The second-order valence-corrected chi connectivity index (χ2v) is 19.7. The van der Waals surface area contributed by atoms with Crippen LogP contribution in [0.4, 0.5) is 0 Å². The third kappa shape index (κ3) is 8.29. The molecular weight excluding hydrogens is 785 g/mol. The van der Waals surface area contributed by atoms with Crippen molar-refractivity contribution in [2.24, 2.45) is 23.7 Å². The first-order valence-corrected chi connectivity index (χ1v) is 23.2. The number of benzene rings is 2. The zero-order valence-electron chi connectivity index (χ0n) is 34.1. The van der Waals surface area contributed by atoms with Gasteiger partial charge >= 0.3 is 0 Å². The molecular formula is C46H54N4O9S. The SMILES string of the molecule is COc1ccc2c(O[C@H]3CC4C(=O)[C@@H](CC(=O)N5CC6CC5CO6)CCCCC/C=C\CC5C[C@@]5(C(=O)NS(=O)(=O)C5CC5)NC(=O)[C@@H]4C3)cc(-c3ccccc3)nc2c1. The van der Waals surface area contributed by atoms with Crippen LogP contribution in [0, 0.1) is 23.7 Å². The summed E-state index contributed by atoms with van der Waals surface area (Å²) in [4.78, 5) is 64.5. The number of nitrogens with one attached hydrogen (secondary N) is 2. The van der Waals surface area contributed by atoms with Gasteiger partial charge in [0.1, 0.15) is 28.9 Å². The Kier molecular flexibility index (Phi) is 11.2. The number of fused-ring (bicyclic) bond motifs is 5. The molecule has 2 bridgehead atoms. The molecule has 2 aromatic carbocycles. The van der Waals surface area contributed by atoms with Crippen LogP contribution in [0.2, 0.25) is 0 Å². The number of sulfonamides is 1. The highest BCUT2D eigenvalue weighted by Crippen LogP contribution is 2.49. The number of allylic oxidation sites excluding steroid dienone is 2. The fraction of sp³-hybridized carbons (Fsp3) is 0.543. The van der Waals surface area contributed by atoms with Crippen molar-refractivity contribution in [3.05, 3.63) is 66.7 Å². The van der Waals surface area contributed by atoms with E-state index in [-0.39, 0.29) is 55.4 Å². The van der Waals surface area contributed by atoms with Crippen LogP contribution < -0.4 is 19.5 Å². The van der Waals surface area contributed by atoms with E-state index in [2.05, 4.69) is 16.1 Å². The molecule has 8 atom stereocenters. The summed E-state index contributed by atoms with van der Waals surface area (Å²) >= 11 is 0. The highest BCUT2D eigenvalue weighted by Gasteiger charge is 2.62. The number of nitrogens with zero attached hydrogens (tertiary/aromatic N) is 2. The number of morpholine rings is 1. The molecule has 13 nitrogen and oxygen atoms in total. The molecule has 6 aliphatic rings. The Hall–Kier alpha value is -4.82. The van der Waals surface area contributed by atoms with Crippen molar-refractivity contribution in [1.29, 1.82) is 0 Å². The van der Waals surface area contributed by atoms with Crippen LogP contribution >= 0.6 is 0 Å². The van der Waals surface area contributed by atoms with E-state index in [0.29, 0.717) is 61.5 Å². The van der Waals surface area contributed by atoms with Crippen LogP contribution in [-0.4, -0.2) is 91.1 Å². The van der Waals surface area contributed by atoms with Gasteiger partial charge in [0.05, 0.1) is 48.2 Å². The van der Waals surface area contributed by atoms with Gasteiger partial charge in [-0.2, -0.15) is 0 Å². The number of aromatic nitrogens is 1. The van der Waals surface area contributed by atoms with E-state index in [4.69, 9.17) is 19.2 Å². The molecule has 2 N–H and O–H groups in total. The van der Waals surface area contributed by atoms with E-state index in [9.17, 15) is 22.8 Å². The number of carbonyl (C=O) groups is 4. The van der Waals surface area contributed by atoms with Crippen molar-refractivity contribution in [3.8, 4) is 22.8 Å². The minimum absolute atomic E-state index is 0.0202. The van der Waals surface area contributed by atoms with Crippen LogP contribution in [0.25, 0.3) is 22.2 Å². The Bertz CT molecular complexity index is 2300. The number of hydrogen-bond donors (Lipinski definition) is 2. The topological polar surface area (TPSA) is 170 Å². The minimum Gasteiger partial charge on any atom is -0.497 e. The minimum atomic E-state index is -3.88. The Labute approximate surface area is 351 Å². The average Bonchev–Trinajstić information content (AvgIpc) is 4.08. The van der Waals surface area contributed by atoms with Crippen LogP contribution in [0.5, 0.6) is 11.5 Å². The van der Waals surface area contributed by atoms with Crippen molar-refractivity contribution < 1.29 is 41.8 Å². The molecule has 1 aromatic heterocycles. The number of hydrogen-bond acceptors (Lipinski definition) is 10. The lowest BCUT2D eigenvalue weighted by Crippen LogP contribution is -2.54. The van der Waals surface area contributed by atoms with E-state index < -0.39 is 56.5 Å². The van der Waals surface area contributed by atoms with Gasteiger partial charge in [-0.3, -0.25) is 23.9 Å².